The zero-order valence-electron chi connectivity index (χ0n) is 14.2. The third-order valence-electron chi connectivity index (χ3n) is 6.68. The molecular formula is C19H23N3O2. The summed E-state index contributed by atoms with van der Waals surface area (Å²) < 4.78 is 0. The summed E-state index contributed by atoms with van der Waals surface area (Å²) in [5.41, 5.74) is 1.03. The zero-order valence-corrected chi connectivity index (χ0v) is 14.2. The number of imide groups is 1. The number of benzene rings is 1. The summed E-state index contributed by atoms with van der Waals surface area (Å²) >= 11 is 0. The molecule has 4 bridgehead atoms. The maximum atomic E-state index is 13.0. The van der Waals surface area contributed by atoms with Crippen LogP contribution in [0.25, 0.3) is 0 Å². The van der Waals surface area contributed by atoms with Gasteiger partial charge < -0.3 is 10.2 Å². The van der Waals surface area contributed by atoms with Crippen molar-refractivity contribution in [2.75, 3.05) is 24.5 Å². The van der Waals surface area contributed by atoms with Crippen molar-refractivity contribution in [2.45, 2.75) is 31.7 Å². The molecule has 1 aromatic carbocycles. The first kappa shape index (κ1) is 14.5. The van der Waals surface area contributed by atoms with E-state index >= 15 is 0 Å². The molecule has 1 aromatic rings. The zero-order chi connectivity index (χ0) is 16.6. The minimum Gasteiger partial charge on any atom is -0.334 e. The lowest BCUT2D eigenvalue weighted by Crippen LogP contribution is -2.55. The Labute approximate surface area is 142 Å². The number of piperidine rings is 2. The molecule has 6 rings (SSSR count). The van der Waals surface area contributed by atoms with Gasteiger partial charge in [-0.2, -0.15) is 0 Å². The minimum absolute atomic E-state index is 0.127. The maximum absolute atomic E-state index is 13.0. The van der Waals surface area contributed by atoms with Crippen LogP contribution in [0.3, 0.4) is 0 Å². The Balaban J connectivity index is 1.43. The molecule has 126 valence electrons. The van der Waals surface area contributed by atoms with Crippen molar-refractivity contribution in [3.63, 3.8) is 0 Å². The second-order valence-electron chi connectivity index (χ2n) is 8.40. The van der Waals surface area contributed by atoms with Gasteiger partial charge >= 0.3 is 6.03 Å². The lowest BCUT2D eigenvalue weighted by Gasteiger charge is -2.35. The van der Waals surface area contributed by atoms with Crippen LogP contribution in [0, 0.1) is 17.8 Å². The van der Waals surface area contributed by atoms with Crippen LogP contribution in [0.4, 0.5) is 10.5 Å². The van der Waals surface area contributed by atoms with Gasteiger partial charge in [-0.1, -0.05) is 18.2 Å². The van der Waals surface area contributed by atoms with Crippen LogP contribution in [0.1, 0.15) is 25.8 Å². The number of nitrogens with one attached hydrogen (secondary N) is 1. The van der Waals surface area contributed by atoms with E-state index in [4.69, 9.17) is 0 Å². The molecule has 5 atom stereocenters. The molecule has 5 nitrogen and oxygen atoms in total. The Morgan fingerprint density at radius 3 is 2.71 bits per heavy atom. The summed E-state index contributed by atoms with van der Waals surface area (Å²) in [5.74, 6) is 1.71. The van der Waals surface area contributed by atoms with E-state index in [1.165, 1.54) is 17.9 Å². The number of carbonyl (C=O) groups excluding carboxylic acids is 2. The van der Waals surface area contributed by atoms with E-state index in [2.05, 4.69) is 10.2 Å². The first-order valence-electron chi connectivity index (χ1n) is 8.94. The number of urea groups is 1. The molecule has 4 heterocycles. The first-order chi connectivity index (χ1) is 11.5. The molecule has 3 saturated heterocycles. The Morgan fingerprint density at radius 2 is 1.92 bits per heavy atom. The van der Waals surface area contributed by atoms with Crippen LogP contribution < -0.4 is 10.2 Å². The Morgan fingerprint density at radius 1 is 1.17 bits per heavy atom. The van der Waals surface area contributed by atoms with E-state index in [0.717, 1.165) is 30.3 Å². The fraction of sp³-hybridized carbons (Fsp3) is 0.579. The van der Waals surface area contributed by atoms with Crippen LogP contribution in [0.2, 0.25) is 0 Å². The number of para-hydroxylation sites is 1. The summed E-state index contributed by atoms with van der Waals surface area (Å²) in [6, 6.07) is 7.63. The number of amides is 3. The highest BCUT2D eigenvalue weighted by atomic mass is 16.2. The lowest BCUT2D eigenvalue weighted by molar-refractivity contribution is -0.121. The van der Waals surface area contributed by atoms with Gasteiger partial charge in [0.15, 0.2) is 0 Å². The van der Waals surface area contributed by atoms with Crippen LogP contribution in [-0.2, 0) is 10.2 Å². The molecular weight excluding hydrogens is 302 g/mol. The van der Waals surface area contributed by atoms with Crippen molar-refractivity contribution in [3.05, 3.63) is 29.8 Å². The molecule has 5 heteroatoms. The fourth-order valence-corrected chi connectivity index (χ4v) is 5.53. The molecule has 1 saturated carbocycles. The average molecular weight is 325 g/mol. The molecule has 0 radical (unpaired) electrons. The Hall–Kier alpha value is -1.88. The number of hydrogen-bond donors (Lipinski definition) is 1. The summed E-state index contributed by atoms with van der Waals surface area (Å²) in [5, 5.41) is 3.23. The number of fused-ring (bicyclic) bond motifs is 1. The van der Waals surface area contributed by atoms with E-state index in [1.54, 1.807) is 0 Å². The molecule has 4 fully saturated rings. The number of rotatable bonds is 1. The van der Waals surface area contributed by atoms with Gasteiger partial charge in [0, 0.05) is 25.7 Å². The topological polar surface area (TPSA) is 52.7 Å². The molecule has 0 spiro atoms. The highest BCUT2D eigenvalue weighted by molar-refractivity contribution is 6.22. The SMILES string of the molecule is CC1(C)C(=O)N(C(=O)NC2C3CC4CN(C3)CC42)c2ccccc21. The smallest absolute Gasteiger partial charge is 0.329 e. The van der Waals surface area contributed by atoms with Gasteiger partial charge in [0.1, 0.15) is 0 Å². The standard InChI is InChI=1S/C19H23N3O2/c1-19(2)14-5-3-4-6-15(14)22(17(19)23)18(24)20-16-12-7-11-8-21(9-12)10-13(11)16/h3-6,11-13,16H,7-10H2,1-2H3,(H,20,24). The summed E-state index contributed by atoms with van der Waals surface area (Å²) in [6.07, 6.45) is 1.22. The van der Waals surface area contributed by atoms with E-state index in [-0.39, 0.29) is 18.0 Å². The van der Waals surface area contributed by atoms with Crippen LogP contribution >= 0.6 is 0 Å². The van der Waals surface area contributed by atoms with E-state index in [9.17, 15) is 9.59 Å². The highest BCUT2D eigenvalue weighted by Crippen LogP contribution is 2.47. The largest absolute Gasteiger partial charge is 0.334 e. The summed E-state index contributed by atoms with van der Waals surface area (Å²) in [4.78, 5) is 29.8. The van der Waals surface area contributed by atoms with Gasteiger partial charge in [0.25, 0.3) is 0 Å². The van der Waals surface area contributed by atoms with Crippen LogP contribution in [0.15, 0.2) is 24.3 Å². The third kappa shape index (κ3) is 1.73. The quantitative estimate of drug-likeness (QED) is 0.859. The van der Waals surface area contributed by atoms with E-state index in [1.807, 2.05) is 38.1 Å². The van der Waals surface area contributed by atoms with E-state index < -0.39 is 5.41 Å². The predicted octanol–water partition coefficient (Wildman–Crippen LogP) is 1.97. The van der Waals surface area contributed by atoms with Crippen molar-refractivity contribution < 1.29 is 9.59 Å². The van der Waals surface area contributed by atoms with Gasteiger partial charge in [-0.3, -0.25) is 4.79 Å². The Bertz CT molecular complexity index is 740. The first-order valence-corrected chi connectivity index (χ1v) is 8.94. The highest BCUT2D eigenvalue weighted by Gasteiger charge is 2.54. The minimum atomic E-state index is -0.646. The number of hydrogen-bond acceptors (Lipinski definition) is 3. The number of nitrogens with zero attached hydrogens (tertiary/aromatic N) is 2. The molecule has 1 N–H and O–H groups in total. The second kappa shape index (κ2) is 4.60. The Kier molecular flexibility index (Phi) is 2.77. The molecule has 5 aliphatic rings. The van der Waals surface area contributed by atoms with Gasteiger partial charge in [-0.15, -0.1) is 0 Å². The fourth-order valence-electron chi connectivity index (χ4n) is 5.53. The van der Waals surface area contributed by atoms with E-state index in [0.29, 0.717) is 11.8 Å². The van der Waals surface area contributed by atoms with Crippen LogP contribution in [0.5, 0.6) is 0 Å². The van der Waals surface area contributed by atoms with Gasteiger partial charge in [0.05, 0.1) is 11.1 Å². The summed E-state index contributed by atoms with van der Waals surface area (Å²) in [6.45, 7) is 7.17. The number of anilines is 1. The molecule has 5 unspecified atom stereocenters. The lowest BCUT2D eigenvalue weighted by atomic mass is 9.86. The third-order valence-corrected chi connectivity index (χ3v) is 6.68. The monoisotopic (exact) mass is 325 g/mol. The molecule has 4 aliphatic heterocycles. The van der Waals surface area contributed by atoms with Crippen molar-refractivity contribution in [1.29, 1.82) is 0 Å². The average Bonchev–Trinajstić information content (AvgIpc) is 3.05. The van der Waals surface area contributed by atoms with Gasteiger partial charge in [0.2, 0.25) is 5.91 Å². The van der Waals surface area contributed by atoms with Crippen molar-refractivity contribution in [1.82, 2.24) is 10.2 Å². The molecule has 1 aliphatic carbocycles. The molecule has 24 heavy (non-hydrogen) atoms. The van der Waals surface area contributed by atoms with Gasteiger partial charge in [-0.25, -0.2) is 9.69 Å². The predicted molar refractivity (Wildman–Crippen MR) is 90.8 cm³/mol. The van der Waals surface area contributed by atoms with Gasteiger partial charge in [-0.05, 0) is 49.7 Å². The normalized spacial score (nSPS) is 37.8. The van der Waals surface area contributed by atoms with Crippen molar-refractivity contribution in [2.24, 2.45) is 17.8 Å². The van der Waals surface area contributed by atoms with Crippen molar-refractivity contribution >= 4 is 17.6 Å². The van der Waals surface area contributed by atoms with Crippen LogP contribution in [-0.4, -0.2) is 42.5 Å². The number of carbonyl (C=O) groups is 2. The molecule has 3 amide bonds. The van der Waals surface area contributed by atoms with Crippen molar-refractivity contribution in [3.8, 4) is 0 Å². The summed E-state index contributed by atoms with van der Waals surface area (Å²) in [7, 11) is 0. The second-order valence-corrected chi connectivity index (χ2v) is 8.40. The maximum Gasteiger partial charge on any atom is 0.329 e. The molecule has 0 aromatic heterocycles.